The smallest absolute Gasteiger partial charge is 0.355 e. The lowest BCUT2D eigenvalue weighted by Gasteiger charge is -2.26. The molecule has 0 fully saturated rings. The molecule has 1 amide bonds. The van der Waals surface area contributed by atoms with Gasteiger partial charge >= 0.3 is 6.18 Å². The molecule has 0 radical (unpaired) electrons. The molecule has 4 aromatic rings. The quantitative estimate of drug-likeness (QED) is 0.379. The molecular formula is C25H20F4N6O. The van der Waals surface area contributed by atoms with Gasteiger partial charge in [-0.3, -0.25) is 9.78 Å². The highest BCUT2D eigenvalue weighted by Crippen LogP contribution is 2.35. The molecule has 0 bridgehead atoms. The molecule has 0 spiro atoms. The highest BCUT2D eigenvalue weighted by Gasteiger charge is 2.40. The number of hydrogen-bond donors (Lipinski definition) is 1. The topological polar surface area (TPSA) is 75.9 Å². The van der Waals surface area contributed by atoms with Crippen molar-refractivity contribution in [2.45, 2.75) is 25.1 Å². The van der Waals surface area contributed by atoms with Crippen LogP contribution in [-0.4, -0.2) is 38.6 Å². The second-order valence-corrected chi connectivity index (χ2v) is 8.36. The summed E-state index contributed by atoms with van der Waals surface area (Å²) in [5.74, 6) is -1.47. The number of rotatable bonds is 5. The molecule has 1 aliphatic heterocycles. The van der Waals surface area contributed by atoms with Crippen molar-refractivity contribution in [3.05, 3.63) is 84.6 Å². The minimum Gasteiger partial charge on any atom is -0.355 e. The Morgan fingerprint density at radius 2 is 1.81 bits per heavy atom. The minimum atomic E-state index is -4.66. The fourth-order valence-corrected chi connectivity index (χ4v) is 4.26. The third-order valence-electron chi connectivity index (χ3n) is 5.90. The van der Waals surface area contributed by atoms with E-state index in [1.165, 1.54) is 29.1 Å². The maximum absolute atomic E-state index is 14.5. The highest BCUT2D eigenvalue weighted by molar-refractivity contribution is 5.97. The summed E-state index contributed by atoms with van der Waals surface area (Å²) in [6.45, 7) is -1.52. The first-order valence-corrected chi connectivity index (χ1v) is 11.1. The number of hydrogen-bond acceptors (Lipinski definition) is 5. The van der Waals surface area contributed by atoms with Crippen LogP contribution >= 0.6 is 0 Å². The van der Waals surface area contributed by atoms with E-state index in [1.807, 2.05) is 36.4 Å². The van der Waals surface area contributed by atoms with Crippen LogP contribution in [0, 0.1) is 5.82 Å². The molecule has 1 atom stereocenters. The van der Waals surface area contributed by atoms with E-state index in [1.54, 1.807) is 12.4 Å². The molecule has 11 heteroatoms. The molecule has 2 aromatic carbocycles. The van der Waals surface area contributed by atoms with Gasteiger partial charge in [-0.15, -0.1) is 5.10 Å². The standard InChI is InChI=1S/C25H20F4N6O/c26-20-5-2-6-22-19(20)7-8-23(24(36)34(22)15-25(27,28)29)35-14-21(32-33-35)16-3-1-4-18(13-16)31-17-9-11-30-12-10-17/h1-6,9-14,23H,7-8,15H2,(H,30,31). The molecular weight excluding hydrogens is 476 g/mol. The van der Waals surface area contributed by atoms with Crippen molar-refractivity contribution in [3.63, 3.8) is 0 Å². The predicted octanol–water partition coefficient (Wildman–Crippen LogP) is 5.31. The third-order valence-corrected chi connectivity index (χ3v) is 5.90. The van der Waals surface area contributed by atoms with Crippen molar-refractivity contribution in [2.24, 2.45) is 0 Å². The van der Waals surface area contributed by atoms with E-state index in [4.69, 9.17) is 0 Å². The van der Waals surface area contributed by atoms with Gasteiger partial charge in [0, 0.05) is 34.9 Å². The molecule has 7 nitrogen and oxygen atoms in total. The van der Waals surface area contributed by atoms with Crippen LogP contribution in [0.5, 0.6) is 0 Å². The van der Waals surface area contributed by atoms with Crippen molar-refractivity contribution < 1.29 is 22.4 Å². The lowest BCUT2D eigenvalue weighted by Crippen LogP contribution is -2.42. The number of aromatic nitrogens is 4. The van der Waals surface area contributed by atoms with Gasteiger partial charge < -0.3 is 10.2 Å². The van der Waals surface area contributed by atoms with E-state index in [9.17, 15) is 22.4 Å². The van der Waals surface area contributed by atoms with Crippen LogP contribution in [0.3, 0.4) is 0 Å². The van der Waals surface area contributed by atoms with Crippen molar-refractivity contribution in [1.82, 2.24) is 20.0 Å². The number of alkyl halides is 3. The summed E-state index contributed by atoms with van der Waals surface area (Å²) in [6, 6.07) is 13.7. The average molecular weight is 496 g/mol. The summed E-state index contributed by atoms with van der Waals surface area (Å²) in [5.41, 5.74) is 2.76. The van der Waals surface area contributed by atoms with Crippen LogP contribution in [-0.2, 0) is 11.2 Å². The molecule has 0 aliphatic carbocycles. The van der Waals surface area contributed by atoms with Gasteiger partial charge in [0.2, 0.25) is 0 Å². The number of nitrogens with zero attached hydrogens (tertiary/aromatic N) is 5. The summed E-state index contributed by atoms with van der Waals surface area (Å²) in [7, 11) is 0. The van der Waals surface area contributed by atoms with Gasteiger partial charge in [-0.25, -0.2) is 9.07 Å². The first-order valence-electron chi connectivity index (χ1n) is 11.1. The van der Waals surface area contributed by atoms with Gasteiger partial charge in [-0.1, -0.05) is 23.4 Å². The number of pyridine rings is 1. The zero-order chi connectivity index (χ0) is 25.3. The summed E-state index contributed by atoms with van der Waals surface area (Å²) >= 11 is 0. The monoisotopic (exact) mass is 496 g/mol. The van der Waals surface area contributed by atoms with E-state index in [2.05, 4.69) is 20.6 Å². The molecule has 36 heavy (non-hydrogen) atoms. The molecule has 0 saturated carbocycles. The Hall–Kier alpha value is -4.28. The average Bonchev–Trinajstić information content (AvgIpc) is 3.29. The summed E-state index contributed by atoms with van der Waals surface area (Å²) in [5, 5.41) is 11.4. The first kappa shape index (κ1) is 23.5. The fraction of sp³-hybridized carbons (Fsp3) is 0.200. The summed E-state index contributed by atoms with van der Waals surface area (Å²) in [4.78, 5) is 17.9. The maximum Gasteiger partial charge on any atom is 0.406 e. The SMILES string of the molecule is O=C1C(n2cc(-c3cccc(Nc4ccncc4)c3)nn2)CCc2c(F)cccc2N1CC(F)(F)F. The van der Waals surface area contributed by atoms with Crippen LogP contribution in [0.4, 0.5) is 34.6 Å². The number of carbonyl (C=O) groups is 1. The molecule has 3 heterocycles. The van der Waals surface area contributed by atoms with Crippen LogP contribution in [0.15, 0.2) is 73.2 Å². The lowest BCUT2D eigenvalue weighted by molar-refractivity contribution is -0.134. The van der Waals surface area contributed by atoms with Crippen LogP contribution < -0.4 is 10.2 Å². The second kappa shape index (κ2) is 9.40. The summed E-state index contributed by atoms with van der Waals surface area (Å²) in [6.07, 6.45) is 0.332. The largest absolute Gasteiger partial charge is 0.406 e. The molecule has 1 unspecified atom stereocenters. The van der Waals surface area contributed by atoms with Crippen molar-refractivity contribution in [2.75, 3.05) is 16.8 Å². The number of fused-ring (bicyclic) bond motifs is 1. The van der Waals surface area contributed by atoms with Crippen molar-refractivity contribution in [3.8, 4) is 11.3 Å². The Kier molecular flexibility index (Phi) is 6.13. The van der Waals surface area contributed by atoms with Crippen molar-refractivity contribution >= 4 is 23.0 Å². The number of nitrogens with one attached hydrogen (secondary N) is 1. The first-order chi connectivity index (χ1) is 17.3. The Labute approximate surface area is 203 Å². The number of carbonyl (C=O) groups excluding carboxylic acids is 1. The normalized spacial score (nSPS) is 15.9. The van der Waals surface area contributed by atoms with E-state index >= 15 is 0 Å². The Morgan fingerprint density at radius 3 is 2.58 bits per heavy atom. The Morgan fingerprint density at radius 1 is 1.03 bits per heavy atom. The Bertz CT molecular complexity index is 1390. The number of amides is 1. The van der Waals surface area contributed by atoms with Gasteiger partial charge in [0.15, 0.2) is 0 Å². The zero-order valence-electron chi connectivity index (χ0n) is 18.8. The zero-order valence-corrected chi connectivity index (χ0v) is 18.8. The lowest BCUT2D eigenvalue weighted by atomic mass is 10.1. The number of halogens is 4. The van der Waals surface area contributed by atoms with Gasteiger partial charge in [-0.2, -0.15) is 13.2 Å². The van der Waals surface area contributed by atoms with Gasteiger partial charge in [0.05, 0.1) is 11.9 Å². The fourth-order valence-electron chi connectivity index (χ4n) is 4.26. The summed E-state index contributed by atoms with van der Waals surface area (Å²) < 4.78 is 55.8. The van der Waals surface area contributed by atoms with E-state index < -0.39 is 30.5 Å². The molecule has 5 rings (SSSR count). The highest BCUT2D eigenvalue weighted by atomic mass is 19.4. The molecule has 184 valence electrons. The van der Waals surface area contributed by atoms with Gasteiger partial charge in [0.25, 0.3) is 5.91 Å². The second-order valence-electron chi connectivity index (χ2n) is 8.36. The van der Waals surface area contributed by atoms with Crippen LogP contribution in [0.2, 0.25) is 0 Å². The Balaban J connectivity index is 1.44. The van der Waals surface area contributed by atoms with Gasteiger partial charge in [-0.05, 0) is 49.2 Å². The van der Waals surface area contributed by atoms with E-state index in [0.717, 1.165) is 11.4 Å². The number of anilines is 3. The molecule has 0 saturated heterocycles. The number of benzene rings is 2. The van der Waals surface area contributed by atoms with Crippen LogP contribution in [0.25, 0.3) is 11.3 Å². The molecule has 2 aromatic heterocycles. The van der Waals surface area contributed by atoms with E-state index in [0.29, 0.717) is 16.2 Å². The molecule has 1 N–H and O–H groups in total. The van der Waals surface area contributed by atoms with Gasteiger partial charge in [0.1, 0.15) is 24.1 Å². The van der Waals surface area contributed by atoms with Crippen molar-refractivity contribution in [1.29, 1.82) is 0 Å². The van der Waals surface area contributed by atoms with E-state index in [-0.39, 0.29) is 24.1 Å². The van der Waals surface area contributed by atoms with Crippen LogP contribution in [0.1, 0.15) is 18.0 Å². The maximum atomic E-state index is 14.5. The molecule has 1 aliphatic rings. The predicted molar refractivity (Wildman–Crippen MR) is 125 cm³/mol. The third kappa shape index (κ3) is 4.90. The minimum absolute atomic E-state index is 0.0740.